The molecule has 0 saturated heterocycles. The maximum Gasteiger partial charge on any atom is 0.365 e. The van der Waals surface area contributed by atoms with Crippen molar-refractivity contribution in [2.45, 2.75) is 6.92 Å². The molecule has 0 saturated carbocycles. The van der Waals surface area contributed by atoms with E-state index in [2.05, 4.69) is 27.7 Å². The summed E-state index contributed by atoms with van der Waals surface area (Å²) in [6, 6.07) is 8.94. The van der Waals surface area contributed by atoms with Gasteiger partial charge in [0, 0.05) is 0 Å². The van der Waals surface area contributed by atoms with E-state index < -0.39 is 5.97 Å². The second-order valence-corrected chi connectivity index (χ2v) is 5.99. The van der Waals surface area contributed by atoms with Gasteiger partial charge in [0.25, 0.3) is 0 Å². The van der Waals surface area contributed by atoms with E-state index in [0.29, 0.717) is 11.3 Å². The number of oxime groups is 1. The molecule has 0 spiro atoms. The lowest BCUT2D eigenvalue weighted by atomic mass is 10.2. The molecule has 0 fully saturated rings. The highest BCUT2D eigenvalue weighted by Crippen LogP contribution is 2.22. The molecule has 0 radical (unpaired) electrons. The van der Waals surface area contributed by atoms with Crippen LogP contribution in [0.2, 0.25) is 0 Å². The van der Waals surface area contributed by atoms with E-state index in [1.807, 2.05) is 17.5 Å². The van der Waals surface area contributed by atoms with Gasteiger partial charge < -0.3 is 9.57 Å². The lowest BCUT2D eigenvalue weighted by Crippen LogP contribution is -2.04. The lowest BCUT2D eigenvalue weighted by molar-refractivity contribution is 0.0516. The molecule has 1 heterocycles. The van der Waals surface area contributed by atoms with Crippen molar-refractivity contribution >= 4 is 45.6 Å². The number of ether oxygens (including phenoxy) is 1. The van der Waals surface area contributed by atoms with E-state index in [-0.39, 0.29) is 0 Å². The molecule has 0 amide bonds. The van der Waals surface area contributed by atoms with Gasteiger partial charge in [0.2, 0.25) is 0 Å². The zero-order valence-corrected chi connectivity index (χ0v) is 13.9. The molecular formula is C14H12INO3S. The van der Waals surface area contributed by atoms with Crippen molar-refractivity contribution in [1.82, 2.24) is 0 Å². The third-order valence-corrected chi connectivity index (χ3v) is 4.35. The molecule has 0 aliphatic rings. The Kier molecular flexibility index (Phi) is 5.13. The van der Waals surface area contributed by atoms with Crippen LogP contribution in [0.4, 0.5) is 0 Å². The highest BCUT2D eigenvalue weighted by atomic mass is 127. The molecule has 0 aliphatic heterocycles. The Morgan fingerprint density at radius 1 is 1.35 bits per heavy atom. The Labute approximate surface area is 134 Å². The maximum atomic E-state index is 11.9. The van der Waals surface area contributed by atoms with Crippen LogP contribution in [-0.4, -0.2) is 18.8 Å². The van der Waals surface area contributed by atoms with Crippen molar-refractivity contribution in [3.8, 4) is 5.75 Å². The molecule has 2 rings (SSSR count). The first-order valence-corrected chi connectivity index (χ1v) is 7.71. The Morgan fingerprint density at radius 3 is 2.75 bits per heavy atom. The summed E-state index contributed by atoms with van der Waals surface area (Å²) in [6.07, 6.45) is 0. The summed E-state index contributed by atoms with van der Waals surface area (Å²) in [5.74, 6) is 0.238. The van der Waals surface area contributed by atoms with Crippen LogP contribution in [0.25, 0.3) is 0 Å². The quantitative estimate of drug-likeness (QED) is 0.338. The highest BCUT2D eigenvalue weighted by Gasteiger charge is 2.10. The number of halogens is 1. The van der Waals surface area contributed by atoms with E-state index in [1.54, 1.807) is 43.6 Å². The first-order chi connectivity index (χ1) is 9.61. The van der Waals surface area contributed by atoms with Gasteiger partial charge in [0.05, 0.1) is 26.8 Å². The standard InChI is InChI=1S/C14H12INO3S/c1-9(13-4-3-7-20-13)16-19-14(17)10-5-6-12(18-2)11(15)8-10/h3-8H,1-2H3/b16-9+. The summed E-state index contributed by atoms with van der Waals surface area (Å²) in [6.45, 7) is 1.80. The van der Waals surface area contributed by atoms with E-state index in [1.165, 1.54) is 0 Å². The number of carbonyl (C=O) groups is 1. The summed E-state index contributed by atoms with van der Waals surface area (Å²) in [5.41, 5.74) is 1.12. The number of thiophene rings is 1. The average molecular weight is 401 g/mol. The van der Waals surface area contributed by atoms with Crippen LogP contribution in [0, 0.1) is 3.57 Å². The number of benzene rings is 1. The van der Waals surface area contributed by atoms with Gasteiger partial charge in [-0.05, 0) is 59.2 Å². The zero-order chi connectivity index (χ0) is 14.5. The monoisotopic (exact) mass is 401 g/mol. The number of methoxy groups -OCH3 is 1. The first-order valence-electron chi connectivity index (χ1n) is 5.75. The maximum absolute atomic E-state index is 11.9. The second-order valence-electron chi connectivity index (χ2n) is 3.88. The number of hydrogen-bond acceptors (Lipinski definition) is 5. The molecule has 2 aromatic rings. The third kappa shape index (κ3) is 3.57. The Hall–Kier alpha value is -1.41. The van der Waals surface area contributed by atoms with Gasteiger partial charge in [-0.15, -0.1) is 11.3 Å². The van der Waals surface area contributed by atoms with Gasteiger partial charge in [-0.3, -0.25) is 0 Å². The van der Waals surface area contributed by atoms with Crippen molar-refractivity contribution in [2.24, 2.45) is 5.16 Å². The lowest BCUT2D eigenvalue weighted by Gasteiger charge is -2.04. The minimum absolute atomic E-state index is 0.443. The largest absolute Gasteiger partial charge is 0.496 e. The van der Waals surface area contributed by atoms with Crippen molar-refractivity contribution in [3.63, 3.8) is 0 Å². The van der Waals surface area contributed by atoms with Crippen LogP contribution in [-0.2, 0) is 4.84 Å². The SMILES string of the molecule is COc1ccc(C(=O)O/N=C(\C)c2cccs2)cc1I. The van der Waals surface area contributed by atoms with Gasteiger partial charge in [0.1, 0.15) is 5.75 Å². The molecule has 6 heteroatoms. The molecule has 0 atom stereocenters. The number of hydrogen-bond donors (Lipinski definition) is 0. The summed E-state index contributed by atoms with van der Waals surface area (Å²) in [5, 5.41) is 5.81. The smallest absolute Gasteiger partial charge is 0.365 e. The Morgan fingerprint density at radius 2 is 2.15 bits per heavy atom. The predicted molar refractivity (Wildman–Crippen MR) is 87.7 cm³/mol. The van der Waals surface area contributed by atoms with Crippen LogP contribution < -0.4 is 4.74 Å². The van der Waals surface area contributed by atoms with Crippen molar-refractivity contribution in [2.75, 3.05) is 7.11 Å². The molecule has 4 nitrogen and oxygen atoms in total. The van der Waals surface area contributed by atoms with Crippen molar-refractivity contribution < 1.29 is 14.4 Å². The molecule has 0 unspecified atom stereocenters. The minimum Gasteiger partial charge on any atom is -0.496 e. The number of nitrogens with zero attached hydrogens (tertiary/aromatic N) is 1. The van der Waals surface area contributed by atoms with Gasteiger partial charge in [-0.2, -0.15) is 0 Å². The summed E-state index contributed by atoms with van der Waals surface area (Å²) >= 11 is 3.65. The van der Waals surface area contributed by atoms with Crippen LogP contribution in [0.3, 0.4) is 0 Å². The van der Waals surface area contributed by atoms with Crippen molar-refractivity contribution in [1.29, 1.82) is 0 Å². The van der Waals surface area contributed by atoms with E-state index in [4.69, 9.17) is 9.57 Å². The number of carbonyl (C=O) groups excluding carboxylic acids is 1. The van der Waals surface area contributed by atoms with E-state index in [0.717, 1.165) is 14.2 Å². The zero-order valence-electron chi connectivity index (χ0n) is 10.9. The Balaban J connectivity index is 2.09. The molecular weight excluding hydrogens is 389 g/mol. The fourth-order valence-electron chi connectivity index (χ4n) is 1.49. The van der Waals surface area contributed by atoms with Crippen molar-refractivity contribution in [3.05, 3.63) is 49.7 Å². The van der Waals surface area contributed by atoms with E-state index in [9.17, 15) is 4.79 Å². The summed E-state index contributed by atoms with van der Waals surface area (Å²) < 4.78 is 5.99. The molecule has 104 valence electrons. The fraction of sp³-hybridized carbons (Fsp3) is 0.143. The van der Waals surface area contributed by atoms with Gasteiger partial charge in [0.15, 0.2) is 0 Å². The molecule has 1 aromatic heterocycles. The normalized spacial score (nSPS) is 11.2. The van der Waals surface area contributed by atoms with Gasteiger partial charge >= 0.3 is 5.97 Å². The van der Waals surface area contributed by atoms with E-state index >= 15 is 0 Å². The summed E-state index contributed by atoms with van der Waals surface area (Å²) in [4.78, 5) is 17.8. The molecule has 20 heavy (non-hydrogen) atoms. The third-order valence-electron chi connectivity index (χ3n) is 2.53. The molecule has 0 aliphatic carbocycles. The minimum atomic E-state index is -0.485. The average Bonchev–Trinajstić information content (AvgIpc) is 2.98. The molecule has 1 aromatic carbocycles. The summed E-state index contributed by atoms with van der Waals surface area (Å²) in [7, 11) is 1.59. The second kappa shape index (κ2) is 6.85. The fourth-order valence-corrected chi connectivity index (χ4v) is 2.89. The van der Waals surface area contributed by atoms with Gasteiger partial charge in [-0.1, -0.05) is 11.2 Å². The Bertz CT molecular complexity index is 638. The number of rotatable bonds is 4. The molecule has 0 bridgehead atoms. The molecule has 0 N–H and O–H groups in total. The van der Waals surface area contributed by atoms with Crippen LogP contribution in [0.1, 0.15) is 22.2 Å². The van der Waals surface area contributed by atoms with Gasteiger partial charge in [-0.25, -0.2) is 4.79 Å². The van der Waals surface area contributed by atoms with Crippen LogP contribution in [0.5, 0.6) is 5.75 Å². The first kappa shape index (κ1) is 15.0. The van der Waals surface area contributed by atoms with Crippen LogP contribution in [0.15, 0.2) is 40.9 Å². The topological polar surface area (TPSA) is 47.9 Å². The predicted octanol–water partition coefficient (Wildman–Crippen LogP) is 3.94. The highest BCUT2D eigenvalue weighted by molar-refractivity contribution is 14.1. The van der Waals surface area contributed by atoms with Crippen LogP contribution >= 0.6 is 33.9 Å².